The van der Waals surface area contributed by atoms with Crippen molar-refractivity contribution in [3.63, 3.8) is 0 Å². The first-order valence-electron chi connectivity index (χ1n) is 9.84. The molecule has 3 rings (SSSR count). The van der Waals surface area contributed by atoms with Gasteiger partial charge in [0.1, 0.15) is 0 Å². The first-order chi connectivity index (χ1) is 14.0. The average Bonchev–Trinajstić information content (AvgIpc) is 2.75. The zero-order chi connectivity index (χ0) is 20.8. The number of amides is 1. The van der Waals surface area contributed by atoms with Crippen LogP contribution in [0.3, 0.4) is 0 Å². The number of hydrogen-bond donors (Lipinski definition) is 1. The van der Waals surface area contributed by atoms with Crippen LogP contribution < -0.4 is 9.64 Å². The Morgan fingerprint density at radius 2 is 1.86 bits per heavy atom. The van der Waals surface area contributed by atoms with Crippen molar-refractivity contribution in [3.05, 3.63) is 47.0 Å². The third-order valence-electron chi connectivity index (χ3n) is 4.87. The van der Waals surface area contributed by atoms with Gasteiger partial charge in [0.25, 0.3) is 0 Å². The molecule has 1 amide bonds. The van der Waals surface area contributed by atoms with Crippen LogP contribution in [0.5, 0.6) is 11.5 Å². The molecule has 154 valence electrons. The average molecular weight is 416 g/mol. The van der Waals surface area contributed by atoms with E-state index in [2.05, 4.69) is 9.89 Å². The highest BCUT2D eigenvalue weighted by Gasteiger charge is 2.19. The Balaban J connectivity index is 1.66. The summed E-state index contributed by atoms with van der Waals surface area (Å²) < 4.78 is 5.40. The number of rotatable bonds is 6. The zero-order valence-electron chi connectivity index (χ0n) is 16.8. The van der Waals surface area contributed by atoms with E-state index in [9.17, 15) is 9.90 Å². The van der Waals surface area contributed by atoms with Crippen molar-refractivity contribution in [2.75, 3.05) is 37.7 Å². The fourth-order valence-electron chi connectivity index (χ4n) is 3.29. The maximum atomic E-state index is 11.8. The predicted octanol–water partition coefficient (Wildman–Crippen LogP) is 4.25. The van der Waals surface area contributed by atoms with Crippen LogP contribution in [0.25, 0.3) is 0 Å². The van der Waals surface area contributed by atoms with E-state index in [0.29, 0.717) is 29.4 Å². The van der Waals surface area contributed by atoms with E-state index in [1.807, 2.05) is 43.0 Å². The van der Waals surface area contributed by atoms with Crippen LogP contribution in [0.2, 0.25) is 5.02 Å². The number of carbonyl (C=O) groups excluding carboxylic acids is 1. The summed E-state index contributed by atoms with van der Waals surface area (Å²) in [5.41, 5.74) is 2.38. The van der Waals surface area contributed by atoms with Crippen molar-refractivity contribution in [1.29, 1.82) is 0 Å². The van der Waals surface area contributed by atoms with Crippen LogP contribution in [-0.2, 0) is 4.79 Å². The summed E-state index contributed by atoms with van der Waals surface area (Å²) in [6.45, 7) is 7.33. The standard InChI is InChI=1S/C22H26ClN3O3/c1-3-21(27)26-11-9-25(10-12-26)19-7-5-18(6-8-19)24-15-16-13-17(23)14-20(22(16)28)29-4-2/h5-8,13-15,28H,3-4,9-12H2,1-2H3. The van der Waals surface area contributed by atoms with Gasteiger partial charge in [-0.1, -0.05) is 18.5 Å². The number of aliphatic imine (C=N–C) groups is 1. The molecule has 2 aromatic carbocycles. The molecule has 0 spiro atoms. The number of halogens is 1. The van der Waals surface area contributed by atoms with Gasteiger partial charge in [0.2, 0.25) is 5.91 Å². The van der Waals surface area contributed by atoms with Crippen LogP contribution in [0.1, 0.15) is 25.8 Å². The topological polar surface area (TPSA) is 65.4 Å². The first-order valence-corrected chi connectivity index (χ1v) is 10.2. The minimum atomic E-state index is 0.0242. The van der Waals surface area contributed by atoms with Gasteiger partial charge in [-0.2, -0.15) is 0 Å². The number of aromatic hydroxyl groups is 1. The fourth-order valence-corrected chi connectivity index (χ4v) is 3.51. The summed E-state index contributed by atoms with van der Waals surface area (Å²) in [5, 5.41) is 10.8. The van der Waals surface area contributed by atoms with Gasteiger partial charge in [0.05, 0.1) is 12.3 Å². The van der Waals surface area contributed by atoms with E-state index in [0.717, 1.165) is 37.6 Å². The van der Waals surface area contributed by atoms with Gasteiger partial charge in [0, 0.05) is 61.2 Å². The molecule has 0 aromatic heterocycles. The molecule has 1 N–H and O–H groups in total. The Kier molecular flexibility index (Phi) is 6.99. The summed E-state index contributed by atoms with van der Waals surface area (Å²) in [7, 11) is 0. The summed E-state index contributed by atoms with van der Waals surface area (Å²) in [6.07, 6.45) is 2.13. The van der Waals surface area contributed by atoms with E-state index < -0.39 is 0 Å². The van der Waals surface area contributed by atoms with Crippen molar-refractivity contribution in [3.8, 4) is 11.5 Å². The molecular formula is C22H26ClN3O3. The molecule has 29 heavy (non-hydrogen) atoms. The highest BCUT2D eigenvalue weighted by Crippen LogP contribution is 2.33. The molecule has 0 radical (unpaired) electrons. The number of ether oxygens (including phenoxy) is 1. The molecule has 0 unspecified atom stereocenters. The second kappa shape index (κ2) is 9.65. The molecule has 6 nitrogen and oxygen atoms in total. The van der Waals surface area contributed by atoms with Crippen molar-refractivity contribution >= 4 is 35.1 Å². The minimum absolute atomic E-state index is 0.0242. The van der Waals surface area contributed by atoms with Crippen molar-refractivity contribution < 1.29 is 14.6 Å². The van der Waals surface area contributed by atoms with E-state index in [4.69, 9.17) is 16.3 Å². The van der Waals surface area contributed by atoms with Crippen LogP contribution in [-0.4, -0.2) is 54.9 Å². The van der Waals surface area contributed by atoms with Crippen LogP contribution in [0, 0.1) is 0 Å². The molecule has 0 atom stereocenters. The molecule has 7 heteroatoms. The Morgan fingerprint density at radius 1 is 1.17 bits per heavy atom. The second-order valence-corrected chi connectivity index (χ2v) is 7.21. The van der Waals surface area contributed by atoms with Gasteiger partial charge < -0.3 is 19.6 Å². The number of phenolic OH excluding ortho intramolecular Hbond substituents is 1. The Morgan fingerprint density at radius 3 is 2.48 bits per heavy atom. The van der Waals surface area contributed by atoms with Gasteiger partial charge >= 0.3 is 0 Å². The number of hydrogen-bond acceptors (Lipinski definition) is 5. The lowest BCUT2D eigenvalue weighted by atomic mass is 10.2. The zero-order valence-corrected chi connectivity index (χ0v) is 17.5. The van der Waals surface area contributed by atoms with Crippen molar-refractivity contribution in [2.45, 2.75) is 20.3 Å². The van der Waals surface area contributed by atoms with E-state index in [1.165, 1.54) is 0 Å². The van der Waals surface area contributed by atoms with Gasteiger partial charge in [0.15, 0.2) is 11.5 Å². The molecule has 0 saturated carbocycles. The molecule has 2 aromatic rings. The normalized spacial score (nSPS) is 14.4. The number of nitrogens with zero attached hydrogens (tertiary/aromatic N) is 3. The lowest BCUT2D eigenvalue weighted by molar-refractivity contribution is -0.131. The lowest BCUT2D eigenvalue weighted by Crippen LogP contribution is -2.48. The van der Waals surface area contributed by atoms with E-state index in [-0.39, 0.29) is 11.7 Å². The maximum Gasteiger partial charge on any atom is 0.222 e. The smallest absolute Gasteiger partial charge is 0.222 e. The minimum Gasteiger partial charge on any atom is -0.504 e. The third-order valence-corrected chi connectivity index (χ3v) is 5.09. The number of anilines is 1. The third kappa shape index (κ3) is 5.21. The molecule has 1 aliphatic heterocycles. The van der Waals surface area contributed by atoms with Crippen molar-refractivity contribution in [2.24, 2.45) is 4.99 Å². The summed E-state index contributed by atoms with van der Waals surface area (Å²) in [6, 6.07) is 11.1. The van der Waals surface area contributed by atoms with Gasteiger partial charge in [-0.25, -0.2) is 0 Å². The number of phenols is 1. The second-order valence-electron chi connectivity index (χ2n) is 6.77. The highest BCUT2D eigenvalue weighted by atomic mass is 35.5. The van der Waals surface area contributed by atoms with Crippen molar-refractivity contribution in [1.82, 2.24) is 4.90 Å². The fraction of sp³-hybridized carbons (Fsp3) is 0.364. The summed E-state index contributed by atoms with van der Waals surface area (Å²) >= 11 is 6.10. The van der Waals surface area contributed by atoms with E-state index >= 15 is 0 Å². The summed E-state index contributed by atoms with van der Waals surface area (Å²) in [5.74, 6) is 0.583. The predicted molar refractivity (Wildman–Crippen MR) is 117 cm³/mol. The van der Waals surface area contributed by atoms with Gasteiger partial charge in [-0.3, -0.25) is 9.79 Å². The Bertz CT molecular complexity index is 876. The molecule has 1 aliphatic rings. The molecule has 1 fully saturated rings. The van der Waals surface area contributed by atoms with Crippen LogP contribution in [0.4, 0.5) is 11.4 Å². The molecule has 1 saturated heterocycles. The van der Waals surface area contributed by atoms with Gasteiger partial charge in [-0.05, 0) is 37.3 Å². The molecule has 1 heterocycles. The van der Waals surface area contributed by atoms with Crippen LogP contribution >= 0.6 is 11.6 Å². The Hall–Kier alpha value is -2.73. The molecular weight excluding hydrogens is 390 g/mol. The van der Waals surface area contributed by atoms with E-state index in [1.54, 1.807) is 18.3 Å². The summed E-state index contributed by atoms with van der Waals surface area (Å²) in [4.78, 5) is 20.4. The quantitative estimate of drug-likeness (QED) is 0.716. The molecule has 0 aliphatic carbocycles. The number of benzene rings is 2. The SMILES string of the molecule is CCOc1cc(Cl)cc(C=Nc2ccc(N3CCN(C(=O)CC)CC3)cc2)c1O. The first kappa shape index (κ1) is 21.0. The lowest BCUT2D eigenvalue weighted by Gasteiger charge is -2.36. The maximum absolute atomic E-state index is 11.8. The molecule has 0 bridgehead atoms. The number of carbonyl (C=O) groups is 1. The van der Waals surface area contributed by atoms with Crippen LogP contribution in [0.15, 0.2) is 41.4 Å². The highest BCUT2D eigenvalue weighted by molar-refractivity contribution is 6.31. The monoisotopic (exact) mass is 415 g/mol. The Labute approximate surface area is 176 Å². The largest absolute Gasteiger partial charge is 0.504 e. The van der Waals surface area contributed by atoms with Gasteiger partial charge in [-0.15, -0.1) is 0 Å². The number of piperazine rings is 1.